The number of pyridine rings is 1. The Morgan fingerprint density at radius 3 is 2.47 bits per heavy atom. The molecule has 0 unspecified atom stereocenters. The summed E-state index contributed by atoms with van der Waals surface area (Å²) >= 11 is 0. The first-order valence-electron chi connectivity index (χ1n) is 11.6. The number of carbonyl (C=O) groups excluding carboxylic acids is 2. The summed E-state index contributed by atoms with van der Waals surface area (Å²) in [5.41, 5.74) is -2.12. The van der Waals surface area contributed by atoms with E-state index in [1.165, 1.54) is 12.3 Å². The Bertz CT molecular complexity index is 1240. The topological polar surface area (TPSA) is 101 Å². The Balaban J connectivity index is 0.00000361. The zero-order chi connectivity index (χ0) is 25.7. The molecule has 0 radical (unpaired) electrons. The van der Waals surface area contributed by atoms with Crippen LogP contribution in [0.25, 0.3) is 0 Å². The summed E-state index contributed by atoms with van der Waals surface area (Å²) in [5.74, 6) is -3.71. The molecule has 0 saturated heterocycles. The van der Waals surface area contributed by atoms with Gasteiger partial charge >= 0.3 is 0 Å². The number of nitrogens with one attached hydrogen (secondary N) is 1. The number of amides is 2. The van der Waals surface area contributed by atoms with Gasteiger partial charge in [-0.05, 0) is 46.6 Å². The molecule has 1 aromatic carbocycles. The van der Waals surface area contributed by atoms with Crippen molar-refractivity contribution in [2.75, 3.05) is 6.54 Å². The van der Waals surface area contributed by atoms with Crippen LogP contribution in [0.15, 0.2) is 29.2 Å². The number of aromatic nitrogens is 1. The molecule has 2 N–H and O–H groups in total. The normalized spacial score (nSPS) is 20.8. The Kier molecular flexibility index (Phi) is 7.80. The molecule has 2 aliphatic rings. The van der Waals surface area contributed by atoms with Crippen LogP contribution in [0.2, 0.25) is 0 Å². The van der Waals surface area contributed by atoms with E-state index in [0.717, 1.165) is 6.07 Å². The van der Waals surface area contributed by atoms with Crippen LogP contribution < -0.4 is 10.7 Å². The van der Waals surface area contributed by atoms with Crippen LogP contribution in [0.3, 0.4) is 0 Å². The van der Waals surface area contributed by atoms with Crippen molar-refractivity contribution in [1.29, 1.82) is 0 Å². The fraction of sp³-hybridized carbons (Fsp3) is 0.480. The molecule has 1 aliphatic carbocycles. The molecule has 1 aromatic heterocycles. The molecule has 1 spiro atoms. The molecule has 2 heterocycles. The van der Waals surface area contributed by atoms with Gasteiger partial charge in [-0.15, -0.1) is 12.4 Å². The van der Waals surface area contributed by atoms with Crippen LogP contribution >= 0.6 is 12.4 Å². The minimum Gasteiger partial charge on any atom is -0.503 e. The summed E-state index contributed by atoms with van der Waals surface area (Å²) in [5, 5.41) is 13.2. The van der Waals surface area contributed by atoms with Crippen molar-refractivity contribution < 1.29 is 28.2 Å². The van der Waals surface area contributed by atoms with E-state index in [-0.39, 0.29) is 54.0 Å². The average molecular weight is 526 g/mol. The van der Waals surface area contributed by atoms with E-state index in [0.29, 0.717) is 25.5 Å². The van der Waals surface area contributed by atoms with Gasteiger partial charge in [0.25, 0.3) is 11.8 Å². The molecule has 1 fully saturated rings. The first-order chi connectivity index (χ1) is 16.4. The highest BCUT2D eigenvalue weighted by Crippen LogP contribution is 2.46. The number of fused-ring (bicyclic) bond motifs is 2. The molecule has 2 amide bonds. The SMILES string of the molecule is CC(C)OC1CC2(C1)CN(C(C)C)C(=O)c1c(O)c(=O)c(C(=O)NCc3ccc(F)cc3F)cn12.Cl. The lowest BCUT2D eigenvalue weighted by Gasteiger charge is -2.55. The van der Waals surface area contributed by atoms with Gasteiger partial charge < -0.3 is 24.6 Å². The van der Waals surface area contributed by atoms with Gasteiger partial charge in [0.1, 0.15) is 17.2 Å². The molecule has 1 aliphatic heterocycles. The van der Waals surface area contributed by atoms with E-state index in [4.69, 9.17) is 4.74 Å². The predicted molar refractivity (Wildman–Crippen MR) is 131 cm³/mol. The third kappa shape index (κ3) is 4.84. The minimum atomic E-state index is -0.989. The van der Waals surface area contributed by atoms with Gasteiger partial charge in [-0.1, -0.05) is 6.07 Å². The van der Waals surface area contributed by atoms with Gasteiger partial charge in [-0.3, -0.25) is 14.4 Å². The monoisotopic (exact) mass is 525 g/mol. The number of hydrogen-bond donors (Lipinski definition) is 2. The maximum absolute atomic E-state index is 13.9. The maximum atomic E-state index is 13.9. The minimum absolute atomic E-state index is 0. The van der Waals surface area contributed by atoms with E-state index in [9.17, 15) is 28.3 Å². The molecular formula is C25H30ClF2N3O5. The van der Waals surface area contributed by atoms with Crippen molar-refractivity contribution in [1.82, 2.24) is 14.8 Å². The van der Waals surface area contributed by atoms with Crippen LogP contribution in [0.1, 0.15) is 66.9 Å². The largest absolute Gasteiger partial charge is 0.503 e. The summed E-state index contributed by atoms with van der Waals surface area (Å²) in [6.45, 7) is 7.62. The van der Waals surface area contributed by atoms with Crippen molar-refractivity contribution in [2.45, 2.75) is 70.9 Å². The number of rotatable bonds is 6. The second-order valence-corrected chi connectivity index (χ2v) is 9.82. The first kappa shape index (κ1) is 27.6. The quantitative estimate of drug-likeness (QED) is 0.602. The highest BCUT2D eigenvalue weighted by molar-refractivity contribution is 5.99. The van der Waals surface area contributed by atoms with Gasteiger partial charge in [-0.2, -0.15) is 0 Å². The van der Waals surface area contributed by atoms with Crippen LogP contribution in [-0.4, -0.2) is 51.2 Å². The van der Waals surface area contributed by atoms with E-state index in [1.54, 1.807) is 9.47 Å². The van der Waals surface area contributed by atoms with Crippen LogP contribution in [0.4, 0.5) is 8.78 Å². The van der Waals surface area contributed by atoms with E-state index in [1.807, 2.05) is 27.7 Å². The van der Waals surface area contributed by atoms with Crippen LogP contribution in [-0.2, 0) is 16.8 Å². The van der Waals surface area contributed by atoms with Gasteiger partial charge in [0.2, 0.25) is 5.43 Å². The standard InChI is InChI=1S/C25H29F2N3O5.ClH/c1-13(2)29-12-25(8-17(9-25)35-14(3)4)30-11-18(21(31)22(32)20(30)24(29)34)23(33)28-10-15-5-6-16(26)7-19(15)27;/h5-7,11,13-14,17,32H,8-10,12H2,1-4H3,(H,28,33);1H. The molecule has 0 atom stereocenters. The fourth-order valence-electron chi connectivity index (χ4n) is 4.89. The van der Waals surface area contributed by atoms with Crippen molar-refractivity contribution in [3.05, 3.63) is 63.1 Å². The van der Waals surface area contributed by atoms with Gasteiger partial charge in [0.15, 0.2) is 11.4 Å². The summed E-state index contributed by atoms with van der Waals surface area (Å²) in [4.78, 5) is 40.6. The molecular weight excluding hydrogens is 496 g/mol. The van der Waals surface area contributed by atoms with Gasteiger partial charge in [0.05, 0.1) is 17.7 Å². The van der Waals surface area contributed by atoms with E-state index in [2.05, 4.69) is 5.32 Å². The summed E-state index contributed by atoms with van der Waals surface area (Å²) in [6, 6.07) is 2.79. The predicted octanol–water partition coefficient (Wildman–Crippen LogP) is 3.33. The van der Waals surface area contributed by atoms with Crippen molar-refractivity contribution >= 4 is 24.2 Å². The number of carbonyl (C=O) groups is 2. The number of halogens is 3. The van der Waals surface area contributed by atoms with Crippen molar-refractivity contribution in [3.63, 3.8) is 0 Å². The zero-order valence-electron chi connectivity index (χ0n) is 20.5. The zero-order valence-corrected chi connectivity index (χ0v) is 21.3. The Morgan fingerprint density at radius 1 is 1.22 bits per heavy atom. The Morgan fingerprint density at radius 2 is 1.89 bits per heavy atom. The molecule has 36 heavy (non-hydrogen) atoms. The van der Waals surface area contributed by atoms with Gasteiger partial charge in [-0.25, -0.2) is 8.78 Å². The van der Waals surface area contributed by atoms with E-state index < -0.39 is 40.2 Å². The summed E-state index contributed by atoms with van der Waals surface area (Å²) in [6.07, 6.45) is 2.33. The Labute approximate surface area is 213 Å². The second-order valence-electron chi connectivity index (χ2n) is 9.82. The molecule has 0 bridgehead atoms. The van der Waals surface area contributed by atoms with Crippen LogP contribution in [0.5, 0.6) is 5.75 Å². The van der Waals surface area contributed by atoms with Gasteiger partial charge in [0, 0.05) is 37.0 Å². The van der Waals surface area contributed by atoms with E-state index >= 15 is 0 Å². The smallest absolute Gasteiger partial charge is 0.274 e. The molecule has 11 heteroatoms. The summed E-state index contributed by atoms with van der Waals surface area (Å²) < 4.78 is 34.5. The third-order valence-electron chi connectivity index (χ3n) is 6.62. The average Bonchev–Trinajstić information content (AvgIpc) is 2.75. The second kappa shape index (κ2) is 10.2. The highest BCUT2D eigenvalue weighted by atomic mass is 35.5. The number of hydrogen-bond acceptors (Lipinski definition) is 5. The Hall–Kier alpha value is -2.98. The van der Waals surface area contributed by atoms with Crippen LogP contribution in [0, 0.1) is 11.6 Å². The fourth-order valence-corrected chi connectivity index (χ4v) is 4.89. The number of aromatic hydroxyl groups is 1. The highest BCUT2D eigenvalue weighted by Gasteiger charge is 2.53. The molecule has 1 saturated carbocycles. The number of benzene rings is 1. The lowest BCUT2D eigenvalue weighted by atomic mass is 9.71. The first-order valence-corrected chi connectivity index (χ1v) is 11.6. The number of nitrogens with zero attached hydrogens (tertiary/aromatic N) is 2. The summed E-state index contributed by atoms with van der Waals surface area (Å²) in [7, 11) is 0. The number of ether oxygens (including phenoxy) is 1. The third-order valence-corrected chi connectivity index (χ3v) is 6.62. The lowest BCUT2D eigenvalue weighted by molar-refractivity contribution is -0.110. The lowest BCUT2D eigenvalue weighted by Crippen LogP contribution is -2.63. The van der Waals surface area contributed by atoms with Crippen molar-refractivity contribution in [3.8, 4) is 5.75 Å². The molecule has 8 nitrogen and oxygen atoms in total. The molecule has 196 valence electrons. The molecule has 2 aromatic rings. The van der Waals surface area contributed by atoms with Crippen molar-refractivity contribution in [2.24, 2.45) is 0 Å². The molecule has 4 rings (SSSR count). The maximum Gasteiger partial charge on any atom is 0.274 e.